The van der Waals surface area contributed by atoms with Gasteiger partial charge in [0.05, 0.1) is 23.7 Å². The van der Waals surface area contributed by atoms with Crippen LogP contribution in [0.4, 0.5) is 5.69 Å². The Labute approximate surface area is 160 Å². The standard InChI is InChI=1S/C18H20IN5O/c1-11-9-12(24-7-5-20-6-8-24)10-14-16(11)23-17(22-14)15-13(19)3-4-21-18(15)25-2/h3-4,9-10,20H,5-8H2,1-2H3,(H,22,23). The Hall–Kier alpha value is -1.87. The molecule has 1 fully saturated rings. The van der Waals surface area contributed by atoms with E-state index in [0.717, 1.165) is 52.2 Å². The molecule has 1 aromatic carbocycles. The number of H-pyrrole nitrogens is 1. The van der Waals surface area contributed by atoms with Crippen molar-refractivity contribution >= 4 is 39.3 Å². The van der Waals surface area contributed by atoms with E-state index in [9.17, 15) is 0 Å². The molecule has 3 heterocycles. The average Bonchev–Trinajstić information content (AvgIpc) is 3.06. The van der Waals surface area contributed by atoms with E-state index in [2.05, 4.69) is 61.8 Å². The fraction of sp³-hybridized carbons (Fsp3) is 0.333. The number of hydrogen-bond acceptors (Lipinski definition) is 5. The maximum atomic E-state index is 5.43. The highest BCUT2D eigenvalue weighted by atomic mass is 127. The molecule has 1 saturated heterocycles. The molecule has 2 aromatic heterocycles. The van der Waals surface area contributed by atoms with Gasteiger partial charge in [-0.1, -0.05) is 0 Å². The van der Waals surface area contributed by atoms with Gasteiger partial charge in [-0.3, -0.25) is 0 Å². The van der Waals surface area contributed by atoms with Crippen LogP contribution in [-0.2, 0) is 0 Å². The molecular weight excluding hydrogens is 429 g/mol. The maximum absolute atomic E-state index is 5.43. The molecule has 0 spiro atoms. The number of hydrogen-bond donors (Lipinski definition) is 2. The molecule has 3 aromatic rings. The third-order valence-corrected chi connectivity index (χ3v) is 5.44. The number of piperazine rings is 1. The molecule has 2 N–H and O–H groups in total. The smallest absolute Gasteiger partial charge is 0.225 e. The van der Waals surface area contributed by atoms with E-state index >= 15 is 0 Å². The average molecular weight is 449 g/mol. The molecule has 4 rings (SSSR count). The topological polar surface area (TPSA) is 66.1 Å². The minimum atomic E-state index is 0.589. The molecule has 0 bridgehead atoms. The van der Waals surface area contributed by atoms with Crippen molar-refractivity contribution in [1.29, 1.82) is 0 Å². The van der Waals surface area contributed by atoms with Crippen LogP contribution in [0, 0.1) is 10.5 Å². The first kappa shape index (κ1) is 16.6. The molecule has 0 saturated carbocycles. The first-order valence-electron chi connectivity index (χ1n) is 8.32. The van der Waals surface area contributed by atoms with Crippen molar-refractivity contribution in [2.75, 3.05) is 38.2 Å². The normalized spacial score (nSPS) is 14.9. The molecule has 25 heavy (non-hydrogen) atoms. The van der Waals surface area contributed by atoms with Gasteiger partial charge in [0.15, 0.2) is 0 Å². The monoisotopic (exact) mass is 449 g/mol. The van der Waals surface area contributed by atoms with Crippen LogP contribution in [0.2, 0.25) is 0 Å². The second kappa shape index (κ2) is 6.80. The number of pyridine rings is 1. The number of nitrogens with one attached hydrogen (secondary N) is 2. The van der Waals surface area contributed by atoms with E-state index in [0.29, 0.717) is 5.88 Å². The summed E-state index contributed by atoms with van der Waals surface area (Å²) in [5, 5.41) is 3.40. The molecule has 0 aliphatic carbocycles. The number of rotatable bonds is 3. The van der Waals surface area contributed by atoms with Gasteiger partial charge in [0.25, 0.3) is 0 Å². The number of anilines is 1. The minimum absolute atomic E-state index is 0.589. The number of benzene rings is 1. The fourth-order valence-corrected chi connectivity index (χ4v) is 3.93. The third-order valence-electron chi connectivity index (χ3n) is 4.54. The van der Waals surface area contributed by atoms with E-state index in [1.807, 2.05) is 6.07 Å². The van der Waals surface area contributed by atoms with Crippen LogP contribution >= 0.6 is 22.6 Å². The quantitative estimate of drug-likeness (QED) is 0.603. The highest BCUT2D eigenvalue weighted by Crippen LogP contribution is 2.33. The highest BCUT2D eigenvalue weighted by Gasteiger charge is 2.18. The van der Waals surface area contributed by atoms with Gasteiger partial charge in [-0.15, -0.1) is 0 Å². The van der Waals surface area contributed by atoms with Gasteiger partial charge in [0.2, 0.25) is 5.88 Å². The molecule has 0 amide bonds. The van der Waals surface area contributed by atoms with E-state index in [1.165, 1.54) is 11.3 Å². The Morgan fingerprint density at radius 3 is 2.80 bits per heavy atom. The molecule has 1 aliphatic rings. The zero-order chi connectivity index (χ0) is 17.4. The molecule has 0 unspecified atom stereocenters. The number of ether oxygens (including phenoxy) is 1. The van der Waals surface area contributed by atoms with Gasteiger partial charge in [0, 0.05) is 41.6 Å². The summed E-state index contributed by atoms with van der Waals surface area (Å²) < 4.78 is 6.49. The second-order valence-corrected chi connectivity index (χ2v) is 7.32. The zero-order valence-corrected chi connectivity index (χ0v) is 16.4. The van der Waals surface area contributed by atoms with Crippen molar-refractivity contribution in [3.63, 3.8) is 0 Å². The van der Waals surface area contributed by atoms with E-state index in [-0.39, 0.29) is 0 Å². The van der Waals surface area contributed by atoms with Crippen molar-refractivity contribution in [3.8, 4) is 17.3 Å². The first-order chi connectivity index (χ1) is 12.2. The van der Waals surface area contributed by atoms with Crippen LogP contribution in [0.25, 0.3) is 22.4 Å². The number of aryl methyl sites for hydroxylation is 1. The van der Waals surface area contributed by atoms with Gasteiger partial charge < -0.3 is 19.9 Å². The number of nitrogens with zero attached hydrogens (tertiary/aromatic N) is 3. The summed E-state index contributed by atoms with van der Waals surface area (Å²) in [7, 11) is 1.64. The summed E-state index contributed by atoms with van der Waals surface area (Å²) in [5.41, 5.74) is 5.37. The summed E-state index contributed by atoms with van der Waals surface area (Å²) in [4.78, 5) is 15.0. The predicted octanol–water partition coefficient (Wildman–Crippen LogP) is 2.96. The van der Waals surface area contributed by atoms with Crippen molar-refractivity contribution in [1.82, 2.24) is 20.3 Å². The maximum Gasteiger partial charge on any atom is 0.225 e. The Kier molecular flexibility index (Phi) is 4.51. The second-order valence-electron chi connectivity index (χ2n) is 6.16. The molecule has 0 atom stereocenters. The summed E-state index contributed by atoms with van der Waals surface area (Å²) in [6, 6.07) is 6.38. The summed E-state index contributed by atoms with van der Waals surface area (Å²) >= 11 is 2.29. The number of methoxy groups -OCH3 is 1. The Bertz CT molecular complexity index is 917. The van der Waals surface area contributed by atoms with Crippen LogP contribution < -0.4 is 15.0 Å². The summed E-state index contributed by atoms with van der Waals surface area (Å²) in [5.74, 6) is 1.39. The van der Waals surface area contributed by atoms with Crippen molar-refractivity contribution < 1.29 is 4.74 Å². The molecule has 0 radical (unpaired) electrons. The lowest BCUT2D eigenvalue weighted by atomic mass is 10.1. The summed E-state index contributed by atoms with van der Waals surface area (Å²) in [6.07, 6.45) is 1.75. The number of aromatic amines is 1. The number of fused-ring (bicyclic) bond motifs is 1. The lowest BCUT2D eigenvalue weighted by molar-refractivity contribution is 0.399. The van der Waals surface area contributed by atoms with Crippen LogP contribution in [-0.4, -0.2) is 48.2 Å². The lowest BCUT2D eigenvalue weighted by Crippen LogP contribution is -2.43. The Morgan fingerprint density at radius 1 is 1.24 bits per heavy atom. The molecular formula is C18H20IN5O. The SMILES string of the molecule is COc1nccc(I)c1-c1nc2c(C)cc(N3CCNCC3)cc2[nH]1. The minimum Gasteiger partial charge on any atom is -0.480 e. The van der Waals surface area contributed by atoms with Gasteiger partial charge >= 0.3 is 0 Å². The predicted molar refractivity (Wildman–Crippen MR) is 108 cm³/mol. The summed E-state index contributed by atoms with van der Waals surface area (Å²) in [6.45, 7) is 6.22. The van der Waals surface area contributed by atoms with Gasteiger partial charge in [0.1, 0.15) is 5.82 Å². The van der Waals surface area contributed by atoms with E-state index in [4.69, 9.17) is 9.72 Å². The van der Waals surface area contributed by atoms with Gasteiger partial charge in [-0.2, -0.15) is 0 Å². The van der Waals surface area contributed by atoms with Crippen LogP contribution in [0.1, 0.15) is 5.56 Å². The lowest BCUT2D eigenvalue weighted by Gasteiger charge is -2.29. The fourth-order valence-electron chi connectivity index (χ4n) is 3.29. The molecule has 7 heteroatoms. The number of aromatic nitrogens is 3. The Morgan fingerprint density at radius 2 is 2.04 bits per heavy atom. The van der Waals surface area contributed by atoms with E-state index in [1.54, 1.807) is 13.3 Å². The number of halogens is 1. The van der Waals surface area contributed by atoms with Crippen LogP contribution in [0.15, 0.2) is 24.4 Å². The van der Waals surface area contributed by atoms with Crippen molar-refractivity contribution in [2.24, 2.45) is 0 Å². The van der Waals surface area contributed by atoms with Crippen molar-refractivity contribution in [3.05, 3.63) is 33.5 Å². The van der Waals surface area contributed by atoms with E-state index < -0.39 is 0 Å². The number of imidazole rings is 1. The highest BCUT2D eigenvalue weighted by molar-refractivity contribution is 14.1. The molecule has 6 nitrogen and oxygen atoms in total. The van der Waals surface area contributed by atoms with Gasteiger partial charge in [-0.05, 0) is 53.3 Å². The molecule has 130 valence electrons. The zero-order valence-electron chi connectivity index (χ0n) is 14.3. The Balaban J connectivity index is 1.82. The molecule has 1 aliphatic heterocycles. The first-order valence-corrected chi connectivity index (χ1v) is 9.40. The third kappa shape index (κ3) is 3.06. The van der Waals surface area contributed by atoms with Crippen molar-refractivity contribution in [2.45, 2.75) is 6.92 Å². The largest absolute Gasteiger partial charge is 0.480 e. The van der Waals surface area contributed by atoms with Gasteiger partial charge in [-0.25, -0.2) is 9.97 Å². The van der Waals surface area contributed by atoms with Crippen LogP contribution in [0.3, 0.4) is 0 Å². The van der Waals surface area contributed by atoms with Crippen LogP contribution in [0.5, 0.6) is 5.88 Å².